The maximum Gasteiger partial charge on any atom is 0.265 e. The lowest BCUT2D eigenvalue weighted by Crippen LogP contribution is -2.30. The number of carbonyl (C=O) groups is 1. The fraction of sp³-hybridized carbons (Fsp3) is 0.278. The Balaban J connectivity index is 2.01. The molecule has 2 aromatic carbocycles. The highest BCUT2D eigenvalue weighted by Crippen LogP contribution is 2.29. The highest BCUT2D eigenvalue weighted by Gasteiger charge is 2.15. The van der Waals surface area contributed by atoms with Gasteiger partial charge in [-0.25, -0.2) is 0 Å². The summed E-state index contributed by atoms with van der Waals surface area (Å²) in [7, 11) is 3.11. The second-order valence-electron chi connectivity index (χ2n) is 5.13. The number of nitrogens with one attached hydrogen (secondary N) is 1. The van der Waals surface area contributed by atoms with Crippen molar-refractivity contribution in [1.82, 2.24) is 0 Å². The van der Waals surface area contributed by atoms with Crippen LogP contribution in [0.1, 0.15) is 12.5 Å². The first kappa shape index (κ1) is 16.7. The van der Waals surface area contributed by atoms with Crippen LogP contribution in [0.4, 0.5) is 5.69 Å². The molecule has 5 heteroatoms. The number of hydrogen-bond donors (Lipinski definition) is 1. The standard InChI is InChI=1S/C18H21NO4/c1-12-5-8-15(9-6-12)23-13(2)18(20)19-14-7-10-16(21-3)17(11-14)22-4/h5-11,13H,1-4H3,(H,19,20)/t13-/m1/s1. The normalized spacial score (nSPS) is 11.5. The molecule has 0 aliphatic rings. The van der Waals surface area contributed by atoms with Gasteiger partial charge >= 0.3 is 0 Å². The van der Waals surface area contributed by atoms with Gasteiger partial charge in [0, 0.05) is 11.8 Å². The molecule has 2 aromatic rings. The number of amides is 1. The quantitative estimate of drug-likeness (QED) is 0.887. The molecule has 0 bridgehead atoms. The molecule has 1 atom stereocenters. The predicted octanol–water partition coefficient (Wildman–Crippen LogP) is 3.42. The summed E-state index contributed by atoms with van der Waals surface area (Å²) in [5, 5.41) is 2.80. The van der Waals surface area contributed by atoms with E-state index in [-0.39, 0.29) is 5.91 Å². The second-order valence-corrected chi connectivity index (χ2v) is 5.13. The molecule has 0 heterocycles. The molecular weight excluding hydrogens is 294 g/mol. The van der Waals surface area contributed by atoms with Gasteiger partial charge in [-0.3, -0.25) is 4.79 Å². The summed E-state index contributed by atoms with van der Waals surface area (Å²) in [6.45, 7) is 3.70. The number of hydrogen-bond acceptors (Lipinski definition) is 4. The SMILES string of the molecule is COc1ccc(NC(=O)[C@@H](C)Oc2ccc(C)cc2)cc1OC. The molecule has 0 unspecified atom stereocenters. The Hall–Kier alpha value is -2.69. The van der Waals surface area contributed by atoms with Crippen molar-refractivity contribution in [3.8, 4) is 17.2 Å². The molecule has 1 amide bonds. The lowest BCUT2D eigenvalue weighted by Gasteiger charge is -2.16. The van der Waals surface area contributed by atoms with Crippen LogP contribution in [0.25, 0.3) is 0 Å². The molecule has 23 heavy (non-hydrogen) atoms. The fourth-order valence-electron chi connectivity index (χ4n) is 2.03. The maximum absolute atomic E-state index is 12.2. The zero-order valence-corrected chi connectivity index (χ0v) is 13.8. The van der Waals surface area contributed by atoms with Crippen molar-refractivity contribution in [1.29, 1.82) is 0 Å². The van der Waals surface area contributed by atoms with Crippen LogP contribution in [-0.2, 0) is 4.79 Å². The molecule has 5 nitrogen and oxygen atoms in total. The van der Waals surface area contributed by atoms with E-state index in [0.29, 0.717) is 22.9 Å². The van der Waals surface area contributed by atoms with Gasteiger partial charge in [-0.15, -0.1) is 0 Å². The molecule has 0 spiro atoms. The average Bonchev–Trinajstić information content (AvgIpc) is 2.56. The van der Waals surface area contributed by atoms with Crippen LogP contribution in [0.2, 0.25) is 0 Å². The molecular formula is C18H21NO4. The van der Waals surface area contributed by atoms with Gasteiger partial charge in [0.2, 0.25) is 0 Å². The van der Waals surface area contributed by atoms with Crippen LogP contribution < -0.4 is 19.5 Å². The summed E-state index contributed by atoms with van der Waals surface area (Å²) in [6, 6.07) is 12.8. The monoisotopic (exact) mass is 315 g/mol. The third-order valence-electron chi connectivity index (χ3n) is 3.35. The van der Waals surface area contributed by atoms with Gasteiger partial charge < -0.3 is 19.5 Å². The van der Waals surface area contributed by atoms with Crippen molar-refractivity contribution in [2.24, 2.45) is 0 Å². The summed E-state index contributed by atoms with van der Waals surface area (Å²) < 4.78 is 16.0. The molecule has 0 radical (unpaired) electrons. The van der Waals surface area contributed by atoms with Crippen molar-refractivity contribution in [2.45, 2.75) is 20.0 Å². The highest BCUT2D eigenvalue weighted by atomic mass is 16.5. The molecule has 0 saturated heterocycles. The largest absolute Gasteiger partial charge is 0.493 e. The molecule has 2 rings (SSSR count). The Bertz CT molecular complexity index is 667. The smallest absolute Gasteiger partial charge is 0.265 e. The first-order valence-corrected chi connectivity index (χ1v) is 7.29. The van der Waals surface area contributed by atoms with Crippen molar-refractivity contribution in [3.05, 3.63) is 48.0 Å². The van der Waals surface area contributed by atoms with Gasteiger partial charge in [0.15, 0.2) is 17.6 Å². The molecule has 122 valence electrons. The minimum absolute atomic E-state index is 0.238. The van der Waals surface area contributed by atoms with E-state index in [9.17, 15) is 4.79 Å². The van der Waals surface area contributed by atoms with Crippen LogP contribution in [0, 0.1) is 6.92 Å². The van der Waals surface area contributed by atoms with Gasteiger partial charge in [-0.1, -0.05) is 17.7 Å². The Morgan fingerprint density at radius 3 is 2.26 bits per heavy atom. The first-order chi connectivity index (χ1) is 11.0. The van der Waals surface area contributed by atoms with Crippen molar-refractivity contribution < 1.29 is 19.0 Å². The number of rotatable bonds is 6. The van der Waals surface area contributed by atoms with E-state index in [1.54, 1.807) is 39.3 Å². The van der Waals surface area contributed by atoms with Gasteiger partial charge in [0.1, 0.15) is 5.75 Å². The summed E-state index contributed by atoms with van der Waals surface area (Å²) in [5.74, 6) is 1.58. The van der Waals surface area contributed by atoms with E-state index in [0.717, 1.165) is 5.56 Å². The number of carbonyl (C=O) groups excluding carboxylic acids is 1. The summed E-state index contributed by atoms with van der Waals surface area (Å²) >= 11 is 0. The van der Waals surface area contributed by atoms with Crippen LogP contribution in [0.3, 0.4) is 0 Å². The van der Waals surface area contributed by atoms with Crippen LogP contribution in [0.15, 0.2) is 42.5 Å². The third kappa shape index (κ3) is 4.39. The fourth-order valence-corrected chi connectivity index (χ4v) is 2.03. The zero-order chi connectivity index (χ0) is 16.8. The lowest BCUT2D eigenvalue weighted by atomic mass is 10.2. The van der Waals surface area contributed by atoms with Crippen LogP contribution in [-0.4, -0.2) is 26.2 Å². The van der Waals surface area contributed by atoms with Crippen LogP contribution in [0.5, 0.6) is 17.2 Å². The van der Waals surface area contributed by atoms with E-state index >= 15 is 0 Å². The van der Waals surface area contributed by atoms with Gasteiger partial charge in [-0.05, 0) is 38.1 Å². The minimum Gasteiger partial charge on any atom is -0.493 e. The molecule has 0 fully saturated rings. The number of methoxy groups -OCH3 is 2. The van der Waals surface area contributed by atoms with E-state index in [1.165, 1.54) is 0 Å². The number of benzene rings is 2. The third-order valence-corrected chi connectivity index (χ3v) is 3.35. The Kier molecular flexibility index (Phi) is 5.46. The van der Waals surface area contributed by atoms with Crippen molar-refractivity contribution >= 4 is 11.6 Å². The van der Waals surface area contributed by atoms with Crippen LogP contribution >= 0.6 is 0 Å². The zero-order valence-electron chi connectivity index (χ0n) is 13.8. The first-order valence-electron chi connectivity index (χ1n) is 7.29. The lowest BCUT2D eigenvalue weighted by molar-refractivity contribution is -0.122. The van der Waals surface area contributed by atoms with Crippen molar-refractivity contribution in [3.63, 3.8) is 0 Å². The average molecular weight is 315 g/mol. The van der Waals surface area contributed by atoms with Crippen molar-refractivity contribution in [2.75, 3.05) is 19.5 Å². The van der Waals surface area contributed by atoms with Gasteiger partial charge in [0.05, 0.1) is 14.2 Å². The second kappa shape index (κ2) is 7.54. The molecule has 0 saturated carbocycles. The highest BCUT2D eigenvalue weighted by molar-refractivity contribution is 5.94. The summed E-state index contributed by atoms with van der Waals surface area (Å²) in [5.41, 5.74) is 1.76. The summed E-state index contributed by atoms with van der Waals surface area (Å²) in [6.07, 6.45) is -0.620. The predicted molar refractivity (Wildman–Crippen MR) is 89.4 cm³/mol. The van der Waals surface area contributed by atoms with Gasteiger partial charge in [0.25, 0.3) is 5.91 Å². The topological polar surface area (TPSA) is 56.8 Å². The Morgan fingerprint density at radius 1 is 1.00 bits per heavy atom. The number of ether oxygens (including phenoxy) is 3. The molecule has 0 aliphatic carbocycles. The van der Waals surface area contributed by atoms with E-state index in [1.807, 2.05) is 31.2 Å². The number of anilines is 1. The maximum atomic E-state index is 12.2. The molecule has 0 aromatic heterocycles. The van der Waals surface area contributed by atoms with E-state index < -0.39 is 6.10 Å². The minimum atomic E-state index is -0.620. The molecule has 0 aliphatic heterocycles. The van der Waals surface area contributed by atoms with E-state index in [4.69, 9.17) is 14.2 Å². The Morgan fingerprint density at radius 2 is 1.65 bits per heavy atom. The Labute approximate surface area is 136 Å². The number of aryl methyl sites for hydroxylation is 1. The van der Waals surface area contributed by atoms with Gasteiger partial charge in [-0.2, -0.15) is 0 Å². The molecule has 1 N–H and O–H groups in total. The summed E-state index contributed by atoms with van der Waals surface area (Å²) in [4.78, 5) is 12.2. The van der Waals surface area contributed by atoms with E-state index in [2.05, 4.69) is 5.32 Å².